The molecule has 0 bridgehead atoms. The lowest BCUT2D eigenvalue weighted by Crippen LogP contribution is -2.50. The number of nitrogens with zero attached hydrogens (tertiary/aromatic N) is 2. The molecule has 2 aliphatic rings. The average Bonchev–Trinajstić information content (AvgIpc) is 2.62. The van der Waals surface area contributed by atoms with Gasteiger partial charge in [-0.2, -0.15) is 0 Å². The van der Waals surface area contributed by atoms with Gasteiger partial charge in [-0.3, -0.25) is 9.78 Å². The number of amides is 1. The molecule has 2 atom stereocenters. The van der Waals surface area contributed by atoms with Crippen molar-refractivity contribution < 1.29 is 4.79 Å². The fourth-order valence-corrected chi connectivity index (χ4v) is 4.15. The van der Waals surface area contributed by atoms with Gasteiger partial charge in [-0.25, -0.2) is 0 Å². The topological polar surface area (TPSA) is 45.2 Å². The molecule has 1 aromatic rings. The summed E-state index contributed by atoms with van der Waals surface area (Å²) in [5.41, 5.74) is 1.14. The Labute approximate surface area is 151 Å². The third kappa shape index (κ3) is 4.70. The molecule has 4 nitrogen and oxygen atoms in total. The summed E-state index contributed by atoms with van der Waals surface area (Å²) in [7, 11) is 0. The van der Waals surface area contributed by atoms with Crippen molar-refractivity contribution in [1.29, 1.82) is 0 Å². The first-order chi connectivity index (χ1) is 11.3. The molecule has 1 aliphatic heterocycles. The molecule has 2 unspecified atom stereocenters. The summed E-state index contributed by atoms with van der Waals surface area (Å²) in [6.07, 6.45) is 11.4. The molecule has 0 spiro atoms. The zero-order chi connectivity index (χ0) is 16.1. The van der Waals surface area contributed by atoms with E-state index in [1.165, 1.54) is 32.1 Å². The monoisotopic (exact) mass is 351 g/mol. The lowest BCUT2D eigenvalue weighted by atomic mass is 9.82. The SMILES string of the molecule is CC(CC1CCCCC1)C(=O)N1CCNCC1c1cccnc1.Cl. The Morgan fingerprint density at radius 3 is 2.88 bits per heavy atom. The summed E-state index contributed by atoms with van der Waals surface area (Å²) in [5, 5.41) is 3.42. The molecule has 5 heteroatoms. The maximum Gasteiger partial charge on any atom is 0.226 e. The molecule has 0 radical (unpaired) electrons. The fraction of sp³-hybridized carbons (Fsp3) is 0.684. The van der Waals surface area contributed by atoms with Crippen LogP contribution in [0.5, 0.6) is 0 Å². The highest BCUT2D eigenvalue weighted by Crippen LogP contribution is 2.31. The third-order valence-corrected chi connectivity index (χ3v) is 5.43. The zero-order valence-electron chi connectivity index (χ0n) is 14.6. The second-order valence-corrected chi connectivity index (χ2v) is 7.18. The van der Waals surface area contributed by atoms with Crippen molar-refractivity contribution in [2.24, 2.45) is 11.8 Å². The van der Waals surface area contributed by atoms with Gasteiger partial charge in [-0.05, 0) is 24.0 Å². The van der Waals surface area contributed by atoms with Gasteiger partial charge in [-0.15, -0.1) is 12.4 Å². The number of carbonyl (C=O) groups is 1. The van der Waals surface area contributed by atoms with Gasteiger partial charge in [0, 0.05) is 37.9 Å². The number of hydrogen-bond acceptors (Lipinski definition) is 3. The van der Waals surface area contributed by atoms with Gasteiger partial charge in [-0.1, -0.05) is 45.1 Å². The smallest absolute Gasteiger partial charge is 0.226 e. The summed E-state index contributed by atoms with van der Waals surface area (Å²) in [6.45, 7) is 4.64. The Kier molecular flexibility index (Phi) is 7.50. The number of aromatic nitrogens is 1. The first-order valence-corrected chi connectivity index (χ1v) is 9.17. The lowest BCUT2D eigenvalue weighted by molar-refractivity contribution is -0.139. The van der Waals surface area contributed by atoms with E-state index in [0.717, 1.165) is 37.5 Å². The summed E-state index contributed by atoms with van der Waals surface area (Å²) >= 11 is 0. The Bertz CT molecular complexity index is 505. The van der Waals surface area contributed by atoms with Crippen LogP contribution >= 0.6 is 12.4 Å². The van der Waals surface area contributed by atoms with E-state index in [1.807, 2.05) is 12.3 Å². The van der Waals surface area contributed by atoms with Crippen LogP contribution in [0.25, 0.3) is 0 Å². The summed E-state index contributed by atoms with van der Waals surface area (Å²) in [6, 6.07) is 4.16. The van der Waals surface area contributed by atoms with Crippen LogP contribution in [-0.2, 0) is 4.79 Å². The summed E-state index contributed by atoms with van der Waals surface area (Å²) in [5.74, 6) is 1.21. The largest absolute Gasteiger partial charge is 0.333 e. The molecule has 134 valence electrons. The first-order valence-electron chi connectivity index (χ1n) is 9.17. The fourth-order valence-electron chi connectivity index (χ4n) is 4.15. The van der Waals surface area contributed by atoms with Crippen molar-refractivity contribution in [3.8, 4) is 0 Å². The minimum absolute atomic E-state index is 0. The molecule has 2 fully saturated rings. The predicted octanol–water partition coefficient (Wildman–Crippen LogP) is 3.58. The molecule has 1 saturated heterocycles. The lowest BCUT2D eigenvalue weighted by Gasteiger charge is -2.38. The molecule has 1 aliphatic carbocycles. The second-order valence-electron chi connectivity index (χ2n) is 7.18. The number of nitrogens with one attached hydrogen (secondary N) is 1. The molecule has 2 heterocycles. The minimum Gasteiger partial charge on any atom is -0.333 e. The van der Waals surface area contributed by atoms with Crippen LogP contribution in [0.4, 0.5) is 0 Å². The number of rotatable bonds is 4. The molecule has 3 rings (SSSR count). The average molecular weight is 352 g/mol. The van der Waals surface area contributed by atoms with Crippen molar-refractivity contribution >= 4 is 18.3 Å². The Morgan fingerprint density at radius 2 is 2.17 bits per heavy atom. The van der Waals surface area contributed by atoms with Crippen LogP contribution in [0.3, 0.4) is 0 Å². The third-order valence-electron chi connectivity index (χ3n) is 5.43. The van der Waals surface area contributed by atoms with Crippen LogP contribution in [0.15, 0.2) is 24.5 Å². The van der Waals surface area contributed by atoms with E-state index in [-0.39, 0.29) is 24.4 Å². The van der Waals surface area contributed by atoms with Crippen LogP contribution in [-0.4, -0.2) is 35.4 Å². The van der Waals surface area contributed by atoms with Crippen molar-refractivity contribution in [2.45, 2.75) is 51.5 Å². The van der Waals surface area contributed by atoms with E-state index in [9.17, 15) is 4.79 Å². The van der Waals surface area contributed by atoms with Crippen LogP contribution in [0.1, 0.15) is 57.1 Å². The van der Waals surface area contributed by atoms with Crippen molar-refractivity contribution in [2.75, 3.05) is 19.6 Å². The van der Waals surface area contributed by atoms with E-state index in [2.05, 4.69) is 28.2 Å². The van der Waals surface area contributed by atoms with Crippen molar-refractivity contribution in [1.82, 2.24) is 15.2 Å². The summed E-state index contributed by atoms with van der Waals surface area (Å²) in [4.78, 5) is 19.3. The zero-order valence-corrected chi connectivity index (χ0v) is 15.4. The number of halogens is 1. The van der Waals surface area contributed by atoms with Gasteiger partial charge in [0.15, 0.2) is 0 Å². The quantitative estimate of drug-likeness (QED) is 0.901. The van der Waals surface area contributed by atoms with E-state index in [0.29, 0.717) is 5.91 Å². The predicted molar refractivity (Wildman–Crippen MR) is 99.2 cm³/mol. The molecule has 1 amide bonds. The first kappa shape index (κ1) is 19.2. The van der Waals surface area contributed by atoms with Crippen LogP contribution in [0, 0.1) is 11.8 Å². The van der Waals surface area contributed by atoms with Gasteiger partial charge in [0.1, 0.15) is 0 Å². The molecule has 0 aromatic carbocycles. The molecular weight excluding hydrogens is 322 g/mol. The number of piperazine rings is 1. The van der Waals surface area contributed by atoms with E-state index in [4.69, 9.17) is 0 Å². The van der Waals surface area contributed by atoms with Crippen LogP contribution < -0.4 is 5.32 Å². The van der Waals surface area contributed by atoms with Crippen molar-refractivity contribution in [3.05, 3.63) is 30.1 Å². The normalized spacial score (nSPS) is 23.4. The van der Waals surface area contributed by atoms with E-state index >= 15 is 0 Å². The van der Waals surface area contributed by atoms with Gasteiger partial charge in [0.05, 0.1) is 6.04 Å². The Morgan fingerprint density at radius 1 is 1.38 bits per heavy atom. The summed E-state index contributed by atoms with van der Waals surface area (Å²) < 4.78 is 0. The van der Waals surface area contributed by atoms with Crippen LogP contribution in [0.2, 0.25) is 0 Å². The van der Waals surface area contributed by atoms with Gasteiger partial charge in [0.2, 0.25) is 5.91 Å². The maximum atomic E-state index is 13.0. The standard InChI is InChI=1S/C19H29N3O.ClH/c1-15(12-16-6-3-2-4-7-16)19(23)22-11-10-21-14-18(22)17-8-5-9-20-13-17;/h5,8-9,13,15-16,18,21H,2-4,6-7,10-12,14H2,1H3;1H. The minimum atomic E-state index is 0. The Balaban J connectivity index is 0.00000208. The van der Waals surface area contributed by atoms with Crippen molar-refractivity contribution in [3.63, 3.8) is 0 Å². The molecule has 1 N–H and O–H groups in total. The van der Waals surface area contributed by atoms with E-state index in [1.54, 1.807) is 6.20 Å². The number of pyridine rings is 1. The van der Waals surface area contributed by atoms with E-state index < -0.39 is 0 Å². The molecule has 1 aromatic heterocycles. The highest BCUT2D eigenvalue weighted by molar-refractivity contribution is 5.85. The number of hydrogen-bond donors (Lipinski definition) is 1. The second kappa shape index (κ2) is 9.38. The Hall–Kier alpha value is -1.13. The highest BCUT2D eigenvalue weighted by Gasteiger charge is 2.31. The van der Waals surface area contributed by atoms with Gasteiger partial charge < -0.3 is 10.2 Å². The maximum absolute atomic E-state index is 13.0. The van der Waals surface area contributed by atoms with Gasteiger partial charge >= 0.3 is 0 Å². The molecule has 24 heavy (non-hydrogen) atoms. The van der Waals surface area contributed by atoms with Gasteiger partial charge in [0.25, 0.3) is 0 Å². The molecule has 1 saturated carbocycles. The number of carbonyl (C=O) groups excluding carboxylic acids is 1. The highest BCUT2D eigenvalue weighted by atomic mass is 35.5. The molecular formula is C19H30ClN3O.